The molecule has 1 N–H and O–H groups in total. The van der Waals surface area contributed by atoms with Crippen LogP contribution in [0.5, 0.6) is 0 Å². The number of nitrogens with one attached hydrogen (secondary N) is 1. The molecule has 0 amide bonds. The minimum absolute atomic E-state index is 0.115. The Bertz CT molecular complexity index is 917. The predicted octanol–water partition coefficient (Wildman–Crippen LogP) is 4.93. The number of hydrogen-bond acceptors (Lipinski definition) is 2. The molecule has 0 saturated carbocycles. The van der Waals surface area contributed by atoms with Gasteiger partial charge in [0.05, 0.1) is 16.4 Å². The highest BCUT2D eigenvalue weighted by atomic mass is 35.5. The van der Waals surface area contributed by atoms with Crippen molar-refractivity contribution >= 4 is 17.3 Å². The summed E-state index contributed by atoms with van der Waals surface area (Å²) in [6, 6.07) is 13.1. The number of rotatable bonds is 1. The molecule has 0 saturated heterocycles. The number of anilines is 1. The van der Waals surface area contributed by atoms with Crippen molar-refractivity contribution in [2.75, 3.05) is 5.32 Å². The second-order valence-electron chi connectivity index (χ2n) is 5.88. The Balaban J connectivity index is 1.90. The summed E-state index contributed by atoms with van der Waals surface area (Å²) in [5, 5.41) is 8.20. The van der Waals surface area contributed by atoms with E-state index in [4.69, 9.17) is 11.6 Å². The Morgan fingerprint density at radius 1 is 1.13 bits per heavy atom. The van der Waals surface area contributed by atoms with E-state index in [1.54, 1.807) is 12.1 Å². The lowest BCUT2D eigenvalue weighted by Crippen LogP contribution is -2.25. The number of benzene rings is 2. The molecular formula is C18H15ClFN3. The summed E-state index contributed by atoms with van der Waals surface area (Å²) >= 11 is 5.95. The van der Waals surface area contributed by atoms with Gasteiger partial charge in [0.25, 0.3) is 0 Å². The van der Waals surface area contributed by atoms with Gasteiger partial charge >= 0.3 is 0 Å². The van der Waals surface area contributed by atoms with Gasteiger partial charge in [0, 0.05) is 11.3 Å². The molecule has 1 unspecified atom stereocenters. The number of nitrogens with zero attached hydrogens (tertiary/aromatic N) is 2. The molecule has 3 nitrogen and oxygen atoms in total. The van der Waals surface area contributed by atoms with Gasteiger partial charge in [-0.2, -0.15) is 5.10 Å². The quantitative estimate of drug-likeness (QED) is 0.686. The third-order valence-corrected chi connectivity index (χ3v) is 4.39. The van der Waals surface area contributed by atoms with Crippen LogP contribution in [0.2, 0.25) is 5.02 Å². The van der Waals surface area contributed by atoms with Crippen LogP contribution in [-0.2, 0) is 0 Å². The van der Waals surface area contributed by atoms with Crippen LogP contribution in [0.25, 0.3) is 11.3 Å². The highest BCUT2D eigenvalue weighted by Gasteiger charge is 2.26. The van der Waals surface area contributed by atoms with E-state index in [9.17, 15) is 4.39 Å². The predicted molar refractivity (Wildman–Crippen MR) is 90.3 cm³/mol. The van der Waals surface area contributed by atoms with Crippen molar-refractivity contribution in [1.29, 1.82) is 0 Å². The van der Waals surface area contributed by atoms with Gasteiger partial charge in [-0.1, -0.05) is 29.3 Å². The van der Waals surface area contributed by atoms with Gasteiger partial charge in [-0.05, 0) is 49.7 Å². The lowest BCUT2D eigenvalue weighted by atomic mass is 10.0. The first-order valence-corrected chi connectivity index (χ1v) is 7.79. The zero-order chi connectivity index (χ0) is 16.1. The topological polar surface area (TPSA) is 29.9 Å². The minimum Gasteiger partial charge on any atom is -0.359 e. The van der Waals surface area contributed by atoms with Gasteiger partial charge in [0.2, 0.25) is 0 Å². The van der Waals surface area contributed by atoms with Crippen molar-refractivity contribution in [1.82, 2.24) is 9.78 Å². The molecule has 0 spiro atoms. The molecule has 2 aromatic carbocycles. The minimum atomic E-state index is -0.417. The summed E-state index contributed by atoms with van der Waals surface area (Å²) in [7, 11) is 0. The fourth-order valence-corrected chi connectivity index (χ4v) is 3.21. The van der Waals surface area contributed by atoms with Crippen molar-refractivity contribution in [3.8, 4) is 11.3 Å². The smallest absolute Gasteiger partial charge is 0.147 e. The fourth-order valence-electron chi connectivity index (χ4n) is 3.03. The molecule has 1 atom stereocenters. The second-order valence-corrected chi connectivity index (χ2v) is 6.29. The summed E-state index contributed by atoms with van der Waals surface area (Å²) in [6.45, 7) is 4.04. The number of aryl methyl sites for hydroxylation is 2. The van der Waals surface area contributed by atoms with Crippen molar-refractivity contribution < 1.29 is 4.39 Å². The third kappa shape index (κ3) is 2.30. The van der Waals surface area contributed by atoms with E-state index in [0.717, 1.165) is 28.2 Å². The Labute approximate surface area is 138 Å². The van der Waals surface area contributed by atoms with Crippen molar-refractivity contribution in [2.45, 2.75) is 20.0 Å². The molecule has 0 aliphatic carbocycles. The van der Waals surface area contributed by atoms with Crippen LogP contribution in [0.15, 0.2) is 42.5 Å². The normalized spacial score (nSPS) is 15.7. The molecule has 4 rings (SSSR count). The van der Waals surface area contributed by atoms with Crippen LogP contribution >= 0.6 is 11.6 Å². The molecule has 1 aliphatic rings. The Morgan fingerprint density at radius 2 is 1.96 bits per heavy atom. The lowest BCUT2D eigenvalue weighted by molar-refractivity contribution is 0.568. The summed E-state index contributed by atoms with van der Waals surface area (Å²) in [6.07, 6.45) is -0.216. The Kier molecular flexibility index (Phi) is 3.16. The number of halogens is 2. The number of aromatic nitrogens is 2. The molecular weight excluding hydrogens is 313 g/mol. The summed E-state index contributed by atoms with van der Waals surface area (Å²) in [4.78, 5) is 0. The van der Waals surface area contributed by atoms with E-state index in [1.165, 1.54) is 11.6 Å². The van der Waals surface area contributed by atoms with Crippen molar-refractivity contribution in [3.63, 3.8) is 0 Å². The van der Waals surface area contributed by atoms with Crippen LogP contribution in [0.4, 0.5) is 10.1 Å². The average Bonchev–Trinajstić information content (AvgIpc) is 2.91. The van der Waals surface area contributed by atoms with Crippen LogP contribution in [0.3, 0.4) is 0 Å². The van der Waals surface area contributed by atoms with E-state index in [2.05, 4.69) is 41.6 Å². The first-order chi connectivity index (χ1) is 11.0. The van der Waals surface area contributed by atoms with E-state index in [1.807, 2.05) is 11.6 Å². The van der Waals surface area contributed by atoms with E-state index in [-0.39, 0.29) is 11.2 Å². The summed E-state index contributed by atoms with van der Waals surface area (Å²) in [5.74, 6) is -0.417. The zero-order valence-electron chi connectivity index (χ0n) is 12.8. The number of fused-ring (bicyclic) bond motifs is 3. The third-order valence-electron chi connectivity index (χ3n) is 4.11. The molecule has 116 valence electrons. The Hall–Kier alpha value is -2.33. The second kappa shape index (κ2) is 5.10. The van der Waals surface area contributed by atoms with Crippen LogP contribution in [0, 0.1) is 19.7 Å². The molecule has 2 heterocycles. The number of hydrogen-bond donors (Lipinski definition) is 1. The largest absolute Gasteiger partial charge is 0.359 e. The van der Waals surface area contributed by atoms with Gasteiger partial charge in [0.1, 0.15) is 12.0 Å². The van der Waals surface area contributed by atoms with E-state index >= 15 is 0 Å². The Morgan fingerprint density at radius 3 is 2.74 bits per heavy atom. The van der Waals surface area contributed by atoms with Gasteiger partial charge in [0.15, 0.2) is 0 Å². The molecule has 0 fully saturated rings. The van der Waals surface area contributed by atoms with E-state index in [0.29, 0.717) is 0 Å². The molecule has 0 bridgehead atoms. The summed E-state index contributed by atoms with van der Waals surface area (Å²) < 4.78 is 15.4. The zero-order valence-corrected chi connectivity index (χ0v) is 13.5. The fraction of sp³-hybridized carbons (Fsp3) is 0.167. The monoisotopic (exact) mass is 327 g/mol. The maximum Gasteiger partial charge on any atom is 0.147 e. The lowest BCUT2D eigenvalue weighted by Gasteiger charge is -2.29. The van der Waals surface area contributed by atoms with Gasteiger partial charge < -0.3 is 5.32 Å². The molecule has 1 aromatic heterocycles. The maximum atomic E-state index is 13.5. The van der Waals surface area contributed by atoms with Crippen LogP contribution in [-0.4, -0.2) is 9.78 Å². The molecule has 3 aromatic rings. The molecule has 0 radical (unpaired) electrons. The highest BCUT2D eigenvalue weighted by molar-refractivity contribution is 6.30. The maximum absolute atomic E-state index is 13.5. The van der Waals surface area contributed by atoms with Gasteiger partial charge in [-0.25, -0.2) is 9.07 Å². The van der Waals surface area contributed by atoms with Crippen LogP contribution in [0.1, 0.15) is 23.0 Å². The van der Waals surface area contributed by atoms with E-state index < -0.39 is 5.82 Å². The van der Waals surface area contributed by atoms with Gasteiger partial charge in [-0.3, -0.25) is 0 Å². The molecule has 1 aliphatic heterocycles. The molecule has 23 heavy (non-hydrogen) atoms. The van der Waals surface area contributed by atoms with Crippen LogP contribution < -0.4 is 5.32 Å². The standard InChI is InChI=1S/C18H15ClFN3/c1-10-3-6-16-13(7-10)17-8-11(2)22-23(17)18(21-16)12-4-5-15(20)14(19)9-12/h3-9,18,21H,1-2H3. The highest BCUT2D eigenvalue weighted by Crippen LogP contribution is 2.39. The summed E-state index contributed by atoms with van der Waals surface area (Å²) in [5.41, 5.74) is 6.20. The van der Waals surface area contributed by atoms with Crippen molar-refractivity contribution in [3.05, 3.63) is 70.1 Å². The SMILES string of the molecule is Cc1ccc2c(c1)-c1cc(C)nn1C(c1ccc(F)c(Cl)c1)N2. The average molecular weight is 328 g/mol. The van der Waals surface area contributed by atoms with Crippen molar-refractivity contribution in [2.24, 2.45) is 0 Å². The first kappa shape index (κ1) is 14.3. The van der Waals surface area contributed by atoms with Gasteiger partial charge in [-0.15, -0.1) is 0 Å². The molecule has 5 heteroatoms. The first-order valence-electron chi connectivity index (χ1n) is 7.41.